The van der Waals surface area contributed by atoms with Crippen LogP contribution < -0.4 is 19.9 Å². The van der Waals surface area contributed by atoms with Crippen LogP contribution in [0, 0.1) is 11.8 Å². The average Bonchev–Trinajstić information content (AvgIpc) is 3.15. The summed E-state index contributed by atoms with van der Waals surface area (Å²) in [6.07, 6.45) is 4.75. The van der Waals surface area contributed by atoms with E-state index in [1.165, 1.54) is 28.9 Å². The number of carbonyl (C=O) groups excluding carboxylic acids is 1. The fraction of sp³-hybridized carbons (Fsp3) is 0.696. The second kappa shape index (κ2) is 8.83. The SMILES string of the molecule is C[C@@H]1[C@H](C)CCC[C@H]1NC(=O)C[NH+]1CC[NH+](Cc2ccc3c(c2)CCO3)CC1. The Hall–Kier alpha value is -1.59. The van der Waals surface area contributed by atoms with Crippen molar-refractivity contribution >= 4 is 5.91 Å². The smallest absolute Gasteiger partial charge is 0.275 e. The van der Waals surface area contributed by atoms with Gasteiger partial charge in [-0.15, -0.1) is 0 Å². The fourth-order valence-corrected chi connectivity index (χ4v) is 5.22. The Morgan fingerprint density at radius 3 is 2.75 bits per heavy atom. The summed E-state index contributed by atoms with van der Waals surface area (Å²) in [5, 5.41) is 3.34. The first-order valence-electron chi connectivity index (χ1n) is 11.3. The van der Waals surface area contributed by atoms with Gasteiger partial charge in [-0.25, -0.2) is 0 Å². The number of piperazine rings is 1. The van der Waals surface area contributed by atoms with E-state index in [0.29, 0.717) is 18.5 Å². The molecule has 154 valence electrons. The lowest BCUT2D eigenvalue weighted by atomic mass is 9.78. The first kappa shape index (κ1) is 19.7. The maximum absolute atomic E-state index is 12.6. The van der Waals surface area contributed by atoms with Gasteiger partial charge in [-0.3, -0.25) is 4.79 Å². The van der Waals surface area contributed by atoms with Crippen LogP contribution in [-0.2, 0) is 17.8 Å². The topological polar surface area (TPSA) is 47.2 Å². The van der Waals surface area contributed by atoms with Crippen LogP contribution in [0.3, 0.4) is 0 Å². The molecule has 5 heteroatoms. The molecule has 4 rings (SSSR count). The van der Waals surface area contributed by atoms with Gasteiger partial charge in [-0.05, 0) is 42.0 Å². The minimum atomic E-state index is 0.253. The van der Waals surface area contributed by atoms with Gasteiger partial charge in [0, 0.05) is 18.0 Å². The predicted molar refractivity (Wildman–Crippen MR) is 110 cm³/mol. The number of hydrogen-bond acceptors (Lipinski definition) is 2. The van der Waals surface area contributed by atoms with Crippen molar-refractivity contribution in [3.05, 3.63) is 29.3 Å². The molecular formula is C23H37N3O2+2. The summed E-state index contributed by atoms with van der Waals surface area (Å²) in [7, 11) is 0. The minimum Gasteiger partial charge on any atom is -0.493 e. The lowest BCUT2D eigenvalue weighted by Gasteiger charge is -2.35. The molecule has 3 atom stereocenters. The number of benzene rings is 1. The van der Waals surface area contributed by atoms with Crippen LogP contribution in [0.5, 0.6) is 5.75 Å². The van der Waals surface area contributed by atoms with E-state index in [0.717, 1.165) is 63.8 Å². The van der Waals surface area contributed by atoms with Crippen LogP contribution in [0.1, 0.15) is 44.2 Å². The van der Waals surface area contributed by atoms with Gasteiger partial charge in [-0.2, -0.15) is 0 Å². The van der Waals surface area contributed by atoms with E-state index in [1.54, 1.807) is 4.90 Å². The summed E-state index contributed by atoms with van der Waals surface area (Å²) in [5.74, 6) is 2.65. The highest BCUT2D eigenvalue weighted by atomic mass is 16.5. The molecule has 1 aromatic rings. The average molecular weight is 388 g/mol. The normalized spacial score (nSPS) is 32.4. The summed E-state index contributed by atoms with van der Waals surface area (Å²) in [5.41, 5.74) is 2.78. The van der Waals surface area contributed by atoms with E-state index in [2.05, 4.69) is 37.4 Å². The van der Waals surface area contributed by atoms with E-state index in [1.807, 2.05) is 0 Å². The van der Waals surface area contributed by atoms with Crippen LogP contribution in [0.25, 0.3) is 0 Å². The second-order valence-corrected chi connectivity index (χ2v) is 9.34. The highest BCUT2D eigenvalue weighted by Gasteiger charge is 2.30. The molecule has 0 aromatic heterocycles. The molecule has 1 saturated carbocycles. The molecule has 3 N–H and O–H groups in total. The van der Waals surface area contributed by atoms with Gasteiger partial charge in [0.05, 0.1) is 6.61 Å². The van der Waals surface area contributed by atoms with Gasteiger partial charge >= 0.3 is 0 Å². The molecule has 1 aliphatic carbocycles. The van der Waals surface area contributed by atoms with Gasteiger partial charge in [0.25, 0.3) is 5.91 Å². The van der Waals surface area contributed by atoms with Crippen molar-refractivity contribution in [1.29, 1.82) is 0 Å². The van der Waals surface area contributed by atoms with Crippen LogP contribution >= 0.6 is 0 Å². The number of amides is 1. The molecule has 2 heterocycles. The Labute approximate surface area is 169 Å². The Balaban J connectivity index is 1.20. The third-order valence-electron chi connectivity index (χ3n) is 7.34. The van der Waals surface area contributed by atoms with E-state index < -0.39 is 0 Å². The summed E-state index contributed by atoms with van der Waals surface area (Å²) >= 11 is 0. The van der Waals surface area contributed by atoms with Crippen molar-refractivity contribution in [1.82, 2.24) is 5.32 Å². The third kappa shape index (κ3) is 4.69. The van der Waals surface area contributed by atoms with Gasteiger partial charge in [0.15, 0.2) is 6.54 Å². The zero-order chi connectivity index (χ0) is 19.5. The molecule has 2 aliphatic heterocycles. The summed E-state index contributed by atoms with van der Waals surface area (Å²) in [6, 6.07) is 7.06. The Morgan fingerprint density at radius 1 is 1.14 bits per heavy atom. The quantitative estimate of drug-likeness (QED) is 0.658. The molecule has 28 heavy (non-hydrogen) atoms. The maximum Gasteiger partial charge on any atom is 0.275 e. The van der Waals surface area contributed by atoms with Crippen molar-refractivity contribution in [2.75, 3.05) is 39.3 Å². The number of quaternary nitrogens is 2. The maximum atomic E-state index is 12.6. The highest BCUT2D eigenvalue weighted by Crippen LogP contribution is 2.29. The molecule has 2 fully saturated rings. The van der Waals surface area contributed by atoms with Crippen molar-refractivity contribution in [2.24, 2.45) is 11.8 Å². The molecule has 0 spiro atoms. The Bertz CT molecular complexity index is 684. The lowest BCUT2D eigenvalue weighted by Crippen LogP contribution is -3.28. The number of ether oxygens (including phenoxy) is 1. The number of carbonyl (C=O) groups is 1. The molecule has 1 saturated heterocycles. The largest absolute Gasteiger partial charge is 0.493 e. The predicted octanol–water partition coefficient (Wildman–Crippen LogP) is -0.154. The summed E-state index contributed by atoms with van der Waals surface area (Å²) in [4.78, 5) is 15.6. The second-order valence-electron chi connectivity index (χ2n) is 9.34. The molecule has 0 radical (unpaired) electrons. The lowest BCUT2D eigenvalue weighted by molar-refractivity contribution is -1.02. The monoisotopic (exact) mass is 387 g/mol. The zero-order valence-corrected chi connectivity index (χ0v) is 17.6. The molecule has 1 amide bonds. The van der Waals surface area contributed by atoms with Crippen molar-refractivity contribution in [3.63, 3.8) is 0 Å². The molecule has 0 bridgehead atoms. The van der Waals surface area contributed by atoms with E-state index in [4.69, 9.17) is 4.74 Å². The van der Waals surface area contributed by atoms with Crippen molar-refractivity contribution < 1.29 is 19.3 Å². The van der Waals surface area contributed by atoms with Gasteiger partial charge in [0.1, 0.15) is 38.5 Å². The Kier molecular flexibility index (Phi) is 6.22. The molecule has 5 nitrogen and oxygen atoms in total. The summed E-state index contributed by atoms with van der Waals surface area (Å²) < 4.78 is 5.61. The molecule has 1 aromatic carbocycles. The highest BCUT2D eigenvalue weighted by molar-refractivity contribution is 5.77. The van der Waals surface area contributed by atoms with Crippen LogP contribution in [0.2, 0.25) is 0 Å². The van der Waals surface area contributed by atoms with E-state index in [-0.39, 0.29) is 5.91 Å². The van der Waals surface area contributed by atoms with Gasteiger partial charge in [-0.1, -0.05) is 26.7 Å². The van der Waals surface area contributed by atoms with E-state index in [9.17, 15) is 4.79 Å². The minimum absolute atomic E-state index is 0.253. The molecular weight excluding hydrogens is 350 g/mol. The Morgan fingerprint density at radius 2 is 1.93 bits per heavy atom. The van der Waals surface area contributed by atoms with Crippen LogP contribution in [0.4, 0.5) is 0 Å². The fourth-order valence-electron chi connectivity index (χ4n) is 5.22. The van der Waals surface area contributed by atoms with Crippen molar-refractivity contribution in [2.45, 2.75) is 52.1 Å². The standard InChI is InChI=1S/C23H35N3O2/c1-17-4-3-5-21(18(17)2)24-23(27)16-26-11-9-25(10-12-26)15-19-6-7-22-20(14-19)8-13-28-22/h6-7,14,17-18,21H,3-5,8-13,15-16H2,1-2H3,(H,24,27)/p+2/t17-,18-,21-/m1/s1. The van der Waals surface area contributed by atoms with Crippen LogP contribution in [-0.4, -0.2) is 51.3 Å². The van der Waals surface area contributed by atoms with Crippen LogP contribution in [0.15, 0.2) is 18.2 Å². The number of hydrogen-bond donors (Lipinski definition) is 3. The molecule has 3 aliphatic rings. The molecule has 0 unspecified atom stereocenters. The first-order chi connectivity index (χ1) is 13.6. The zero-order valence-electron chi connectivity index (χ0n) is 17.6. The first-order valence-corrected chi connectivity index (χ1v) is 11.3. The third-order valence-corrected chi connectivity index (χ3v) is 7.34. The van der Waals surface area contributed by atoms with Gasteiger partial charge in [0.2, 0.25) is 0 Å². The number of rotatable bonds is 5. The van der Waals surface area contributed by atoms with Crippen molar-refractivity contribution in [3.8, 4) is 5.75 Å². The van der Waals surface area contributed by atoms with E-state index >= 15 is 0 Å². The number of nitrogens with one attached hydrogen (secondary N) is 3. The summed E-state index contributed by atoms with van der Waals surface area (Å²) in [6.45, 7) is 11.7. The number of fused-ring (bicyclic) bond motifs is 1. The van der Waals surface area contributed by atoms with Gasteiger partial charge < -0.3 is 19.9 Å².